The Bertz CT molecular complexity index is 467. The number of hydrazine groups is 1. The average Bonchev–Trinajstić information content (AvgIpc) is 2.40. The average molecular weight is 294 g/mol. The van der Waals surface area contributed by atoms with E-state index in [-0.39, 0.29) is 12.1 Å². The van der Waals surface area contributed by atoms with E-state index in [2.05, 4.69) is 39.5 Å². The minimum Gasteiger partial charge on any atom is -0.461 e. The Balaban J connectivity index is 2.05. The van der Waals surface area contributed by atoms with Gasteiger partial charge in [-0.15, -0.1) is 0 Å². The lowest BCUT2D eigenvalue weighted by Crippen LogP contribution is -2.30. The van der Waals surface area contributed by atoms with Crippen LogP contribution in [0.5, 0.6) is 6.01 Å². The Kier molecular flexibility index (Phi) is 4.82. The molecular weight excluding hydrogens is 268 g/mol. The summed E-state index contributed by atoms with van der Waals surface area (Å²) < 4.78 is 5.52. The number of anilines is 2. The van der Waals surface area contributed by atoms with Crippen LogP contribution in [0, 0.1) is 5.41 Å². The fraction of sp³-hybridized carbons (Fsp3) is 0.786. The second-order valence-corrected chi connectivity index (χ2v) is 6.66. The molecule has 0 saturated heterocycles. The van der Waals surface area contributed by atoms with Gasteiger partial charge in [0.1, 0.15) is 0 Å². The van der Waals surface area contributed by atoms with Gasteiger partial charge in [0.25, 0.3) is 0 Å². The van der Waals surface area contributed by atoms with Gasteiger partial charge >= 0.3 is 6.01 Å². The summed E-state index contributed by atoms with van der Waals surface area (Å²) in [5.74, 6) is 6.22. The molecule has 0 spiro atoms. The quantitative estimate of drug-likeness (QED) is 0.566. The van der Waals surface area contributed by atoms with E-state index >= 15 is 0 Å². The molecule has 1 aromatic rings. The van der Waals surface area contributed by atoms with Gasteiger partial charge in [-0.1, -0.05) is 13.8 Å². The van der Waals surface area contributed by atoms with Crippen molar-refractivity contribution in [2.24, 2.45) is 11.3 Å². The molecule has 21 heavy (non-hydrogen) atoms. The van der Waals surface area contributed by atoms with Crippen LogP contribution < -0.4 is 21.3 Å². The fourth-order valence-electron chi connectivity index (χ4n) is 2.48. The van der Waals surface area contributed by atoms with Crippen molar-refractivity contribution in [3.8, 4) is 6.01 Å². The largest absolute Gasteiger partial charge is 0.461 e. The molecule has 0 radical (unpaired) electrons. The minimum absolute atomic E-state index is 0.00125. The second-order valence-electron chi connectivity index (χ2n) is 6.66. The number of nitrogens with zero attached hydrogens (tertiary/aromatic N) is 3. The number of hydrogen-bond donors (Lipinski definition) is 3. The maximum absolute atomic E-state index is 5.52. The van der Waals surface area contributed by atoms with Crippen LogP contribution in [0.1, 0.15) is 53.4 Å². The number of nitrogen functional groups attached to an aromatic ring is 1. The van der Waals surface area contributed by atoms with Crippen molar-refractivity contribution in [3.63, 3.8) is 0 Å². The van der Waals surface area contributed by atoms with Crippen LogP contribution in [-0.2, 0) is 0 Å². The molecule has 0 bridgehead atoms. The Labute approximate surface area is 126 Å². The molecule has 118 valence electrons. The molecule has 4 N–H and O–H groups in total. The topological polar surface area (TPSA) is 98.0 Å². The third kappa shape index (κ3) is 4.70. The van der Waals surface area contributed by atoms with Crippen molar-refractivity contribution < 1.29 is 4.74 Å². The summed E-state index contributed by atoms with van der Waals surface area (Å²) in [7, 11) is 0. The summed E-state index contributed by atoms with van der Waals surface area (Å²) >= 11 is 0. The molecule has 1 aliphatic carbocycles. The molecule has 0 atom stereocenters. The van der Waals surface area contributed by atoms with E-state index in [1.54, 1.807) is 0 Å². The first kappa shape index (κ1) is 15.8. The number of aromatic nitrogens is 3. The number of nitrogens with one attached hydrogen (secondary N) is 2. The molecular formula is C14H26N6O. The van der Waals surface area contributed by atoms with Crippen LogP contribution in [0.4, 0.5) is 11.9 Å². The Hall–Kier alpha value is -1.63. The molecule has 1 fully saturated rings. The lowest BCUT2D eigenvalue weighted by Gasteiger charge is -2.34. The predicted octanol–water partition coefficient (Wildman–Crippen LogP) is 2.33. The van der Waals surface area contributed by atoms with E-state index in [1.165, 1.54) is 12.8 Å². The van der Waals surface area contributed by atoms with E-state index in [9.17, 15) is 0 Å². The highest BCUT2D eigenvalue weighted by Gasteiger charge is 2.27. The highest BCUT2D eigenvalue weighted by molar-refractivity contribution is 5.35. The zero-order valence-corrected chi connectivity index (χ0v) is 13.3. The van der Waals surface area contributed by atoms with Crippen LogP contribution in [0.3, 0.4) is 0 Å². The van der Waals surface area contributed by atoms with Crippen LogP contribution in [0.2, 0.25) is 0 Å². The Morgan fingerprint density at radius 1 is 1.14 bits per heavy atom. The van der Waals surface area contributed by atoms with E-state index in [0.29, 0.717) is 23.4 Å². The molecule has 0 unspecified atom stereocenters. The minimum atomic E-state index is 0.00125. The van der Waals surface area contributed by atoms with Crippen LogP contribution in [-0.4, -0.2) is 27.1 Å². The number of ether oxygens (including phenoxy) is 1. The van der Waals surface area contributed by atoms with E-state index in [0.717, 1.165) is 12.8 Å². The summed E-state index contributed by atoms with van der Waals surface area (Å²) in [5, 5.41) is 3.37. The van der Waals surface area contributed by atoms with Gasteiger partial charge < -0.3 is 10.1 Å². The first-order valence-corrected chi connectivity index (χ1v) is 7.54. The van der Waals surface area contributed by atoms with E-state index in [1.807, 2.05) is 13.8 Å². The summed E-state index contributed by atoms with van der Waals surface area (Å²) in [6, 6.07) is 0.671. The highest BCUT2D eigenvalue weighted by Crippen LogP contribution is 2.35. The lowest BCUT2D eigenvalue weighted by atomic mass is 9.76. The van der Waals surface area contributed by atoms with E-state index in [4.69, 9.17) is 10.6 Å². The SMILES string of the molecule is CC(C)Oc1nc(NN)nc(NC2CCC(C)(C)CC2)n1. The van der Waals surface area contributed by atoms with Crippen LogP contribution >= 0.6 is 0 Å². The van der Waals surface area contributed by atoms with Gasteiger partial charge in [0.2, 0.25) is 11.9 Å². The number of rotatable bonds is 5. The molecule has 7 heteroatoms. The van der Waals surface area contributed by atoms with E-state index < -0.39 is 0 Å². The molecule has 2 rings (SSSR count). The van der Waals surface area contributed by atoms with Crippen LogP contribution in [0.25, 0.3) is 0 Å². The normalized spacial score (nSPS) is 18.6. The molecule has 0 aromatic carbocycles. The van der Waals surface area contributed by atoms with Crippen LogP contribution in [0.15, 0.2) is 0 Å². The first-order chi connectivity index (χ1) is 9.88. The molecule has 7 nitrogen and oxygen atoms in total. The summed E-state index contributed by atoms with van der Waals surface area (Å²) in [6.45, 7) is 8.49. The molecule has 1 heterocycles. The summed E-state index contributed by atoms with van der Waals surface area (Å²) in [5.41, 5.74) is 2.89. The predicted molar refractivity (Wildman–Crippen MR) is 83.1 cm³/mol. The fourth-order valence-corrected chi connectivity index (χ4v) is 2.48. The summed E-state index contributed by atoms with van der Waals surface area (Å²) in [4.78, 5) is 12.6. The van der Waals surface area contributed by atoms with Crippen molar-refractivity contribution in [2.45, 2.75) is 65.5 Å². The Morgan fingerprint density at radius 2 is 1.76 bits per heavy atom. The van der Waals surface area contributed by atoms with Gasteiger partial charge in [-0.2, -0.15) is 15.0 Å². The third-order valence-electron chi connectivity index (χ3n) is 3.76. The first-order valence-electron chi connectivity index (χ1n) is 7.54. The van der Waals surface area contributed by atoms with Gasteiger partial charge in [-0.3, -0.25) is 5.43 Å². The molecule has 1 saturated carbocycles. The maximum atomic E-state index is 5.52. The Morgan fingerprint density at radius 3 is 2.33 bits per heavy atom. The maximum Gasteiger partial charge on any atom is 0.323 e. The second kappa shape index (κ2) is 6.43. The molecule has 1 aliphatic rings. The molecule has 0 amide bonds. The van der Waals surface area contributed by atoms with Crippen molar-refractivity contribution in [3.05, 3.63) is 0 Å². The van der Waals surface area contributed by atoms with Crippen molar-refractivity contribution in [1.82, 2.24) is 15.0 Å². The van der Waals surface area contributed by atoms with Gasteiger partial charge in [-0.25, -0.2) is 5.84 Å². The monoisotopic (exact) mass is 294 g/mol. The van der Waals surface area contributed by atoms with Crippen molar-refractivity contribution in [2.75, 3.05) is 10.7 Å². The van der Waals surface area contributed by atoms with Crippen molar-refractivity contribution in [1.29, 1.82) is 0 Å². The lowest BCUT2D eigenvalue weighted by molar-refractivity contribution is 0.221. The number of nitrogens with two attached hydrogens (primary N) is 1. The third-order valence-corrected chi connectivity index (χ3v) is 3.76. The zero-order valence-electron chi connectivity index (χ0n) is 13.3. The van der Waals surface area contributed by atoms with Gasteiger partial charge in [0.05, 0.1) is 6.10 Å². The summed E-state index contributed by atoms with van der Waals surface area (Å²) in [6.07, 6.45) is 4.64. The van der Waals surface area contributed by atoms with Crippen molar-refractivity contribution >= 4 is 11.9 Å². The number of hydrogen-bond acceptors (Lipinski definition) is 7. The standard InChI is InChI=1S/C14H26N6O/c1-9(2)21-13-18-11(17-12(19-13)20-15)16-10-5-7-14(3,4)8-6-10/h9-10H,5-8,15H2,1-4H3,(H2,16,17,18,19,20). The van der Waals surface area contributed by atoms with Gasteiger partial charge in [0.15, 0.2) is 0 Å². The smallest absolute Gasteiger partial charge is 0.323 e. The van der Waals surface area contributed by atoms with Gasteiger partial charge in [-0.05, 0) is 44.9 Å². The van der Waals surface area contributed by atoms with Gasteiger partial charge in [0, 0.05) is 6.04 Å². The zero-order chi connectivity index (χ0) is 15.5. The highest BCUT2D eigenvalue weighted by atomic mass is 16.5. The molecule has 1 aromatic heterocycles. The molecule has 0 aliphatic heterocycles.